The molecule has 0 aromatic heterocycles. The second-order valence-electron chi connectivity index (χ2n) is 13.1. The Morgan fingerprint density at radius 1 is 0.774 bits per heavy atom. The smallest absolute Gasteiger partial charge is 0.193 e. The highest BCUT2D eigenvalue weighted by Gasteiger charge is 2.46. The van der Waals surface area contributed by atoms with Gasteiger partial charge >= 0.3 is 0 Å². The van der Waals surface area contributed by atoms with Crippen LogP contribution in [0.4, 0.5) is 0 Å². The van der Waals surface area contributed by atoms with E-state index < -0.39 is 24.7 Å². The van der Waals surface area contributed by atoms with Crippen molar-refractivity contribution in [2.75, 3.05) is 0 Å². The molecular weight excluding hydrogens is 429 g/mol. The van der Waals surface area contributed by atoms with Gasteiger partial charge < -0.3 is 8.85 Å². The van der Waals surface area contributed by atoms with Crippen LogP contribution in [0, 0.1) is 11.5 Å². The van der Waals surface area contributed by atoms with Crippen molar-refractivity contribution in [1.29, 1.82) is 0 Å². The molecule has 0 N–H and O–H groups in total. The normalized spacial score (nSPS) is 15.1. The average molecular weight is 481 g/mol. The Morgan fingerprint density at radius 2 is 1.19 bits per heavy atom. The molecule has 0 aliphatic carbocycles. The van der Waals surface area contributed by atoms with Crippen molar-refractivity contribution in [2.45, 2.75) is 128 Å². The van der Waals surface area contributed by atoms with Crippen LogP contribution in [0.15, 0.2) is 25.3 Å². The molecule has 31 heavy (non-hydrogen) atoms. The highest BCUT2D eigenvalue weighted by molar-refractivity contribution is 6.83. The largest absolute Gasteiger partial charge is 0.411 e. The molecule has 0 unspecified atom stereocenters. The Balaban J connectivity index is 6.37. The molecule has 1 atom stereocenters. The van der Waals surface area contributed by atoms with E-state index in [4.69, 9.17) is 8.85 Å². The Hall–Kier alpha value is -0.389. The minimum Gasteiger partial charge on any atom is -0.411 e. The first-order valence-corrected chi connectivity index (χ1v) is 21.1. The lowest BCUT2D eigenvalue weighted by atomic mass is 9.89. The molecule has 0 spiro atoms. The van der Waals surface area contributed by atoms with E-state index in [1.807, 2.05) is 12.2 Å². The Kier molecular flexibility index (Phi) is 10.6. The van der Waals surface area contributed by atoms with Gasteiger partial charge in [0.1, 0.15) is 14.2 Å². The second kappa shape index (κ2) is 10.7. The SMILES string of the molecule is C=CCC(CC=C)(C[C@@H](C#C[Si](C)(C)C)O[Si](C)(C)C(C)(C)C)O[Si](C)(C)C(C)(C)C. The van der Waals surface area contributed by atoms with Crippen molar-refractivity contribution in [2.24, 2.45) is 0 Å². The molecule has 180 valence electrons. The van der Waals surface area contributed by atoms with Gasteiger partial charge in [-0.25, -0.2) is 0 Å². The first kappa shape index (κ1) is 30.6. The molecule has 0 aromatic rings. The molecule has 5 heteroatoms. The van der Waals surface area contributed by atoms with Crippen LogP contribution in [0.25, 0.3) is 0 Å². The lowest BCUT2D eigenvalue weighted by Gasteiger charge is -2.47. The van der Waals surface area contributed by atoms with Crippen molar-refractivity contribution in [3.8, 4) is 11.5 Å². The van der Waals surface area contributed by atoms with Crippen LogP contribution in [-0.2, 0) is 8.85 Å². The lowest BCUT2D eigenvalue weighted by molar-refractivity contribution is 0.0214. The Morgan fingerprint density at radius 3 is 1.52 bits per heavy atom. The summed E-state index contributed by atoms with van der Waals surface area (Å²) in [5.41, 5.74) is 3.20. The quantitative estimate of drug-likeness (QED) is 0.177. The van der Waals surface area contributed by atoms with Crippen molar-refractivity contribution in [3.63, 3.8) is 0 Å². The zero-order chi connectivity index (χ0) is 24.9. The van der Waals surface area contributed by atoms with Crippen molar-refractivity contribution < 1.29 is 8.85 Å². The third-order valence-corrected chi connectivity index (χ3v) is 16.7. The summed E-state index contributed by atoms with van der Waals surface area (Å²) in [5.74, 6) is 3.58. The van der Waals surface area contributed by atoms with Crippen molar-refractivity contribution in [1.82, 2.24) is 0 Å². The van der Waals surface area contributed by atoms with E-state index in [1.165, 1.54) is 0 Å². The molecule has 0 aromatic carbocycles. The summed E-state index contributed by atoms with van der Waals surface area (Å²) in [4.78, 5) is 0. The summed E-state index contributed by atoms with van der Waals surface area (Å²) < 4.78 is 14.0. The first-order valence-electron chi connectivity index (χ1n) is 11.7. The fourth-order valence-electron chi connectivity index (χ4n) is 2.88. The van der Waals surface area contributed by atoms with E-state index in [1.54, 1.807) is 0 Å². The summed E-state index contributed by atoms with van der Waals surface area (Å²) in [6.45, 7) is 38.0. The van der Waals surface area contributed by atoms with Gasteiger partial charge in [0, 0.05) is 6.42 Å². The fourth-order valence-corrected chi connectivity index (χ4v) is 6.32. The lowest BCUT2D eigenvalue weighted by Crippen LogP contribution is -2.52. The molecule has 0 amide bonds. The van der Waals surface area contributed by atoms with Gasteiger partial charge in [-0.15, -0.1) is 18.7 Å². The second-order valence-corrected chi connectivity index (χ2v) is 27.4. The van der Waals surface area contributed by atoms with Gasteiger partial charge in [-0.1, -0.05) is 79.3 Å². The van der Waals surface area contributed by atoms with Gasteiger partial charge in [0.2, 0.25) is 0 Å². The van der Waals surface area contributed by atoms with E-state index in [0.29, 0.717) is 0 Å². The zero-order valence-corrected chi connectivity index (χ0v) is 26.1. The summed E-state index contributed by atoms with van der Waals surface area (Å²) in [6.07, 6.45) is 6.14. The maximum Gasteiger partial charge on any atom is 0.193 e. The van der Waals surface area contributed by atoms with E-state index in [0.717, 1.165) is 19.3 Å². The van der Waals surface area contributed by atoms with Crippen LogP contribution >= 0.6 is 0 Å². The predicted octanol–water partition coefficient (Wildman–Crippen LogP) is 8.56. The van der Waals surface area contributed by atoms with E-state index >= 15 is 0 Å². The zero-order valence-electron chi connectivity index (χ0n) is 23.1. The van der Waals surface area contributed by atoms with Gasteiger partial charge in [-0.3, -0.25) is 0 Å². The highest BCUT2D eigenvalue weighted by Crippen LogP contribution is 2.44. The van der Waals surface area contributed by atoms with Gasteiger partial charge in [-0.2, -0.15) is 0 Å². The standard InChI is InChI=1S/C26H52O2Si3/c1-16-19-26(20-17-2,28-31(14,15)25(6,7)8)22-23(18-21-29(9,10)11)27-30(12,13)24(3,4)5/h16-17,23H,1-2,19-20,22H2,3-15H3/t23-/m1/s1. The fraction of sp³-hybridized carbons (Fsp3) is 0.769. The van der Waals surface area contributed by atoms with Gasteiger partial charge in [0.05, 0.1) is 5.60 Å². The molecular formula is C26H52O2Si3. The van der Waals surface area contributed by atoms with Crippen molar-refractivity contribution >= 4 is 24.7 Å². The summed E-state index contributed by atoms with van der Waals surface area (Å²) in [5, 5.41) is 0.256. The minimum atomic E-state index is -2.02. The van der Waals surface area contributed by atoms with Crippen LogP contribution in [0.2, 0.25) is 55.9 Å². The summed E-state index contributed by atoms with van der Waals surface area (Å²) >= 11 is 0. The Labute approximate surface area is 198 Å². The van der Waals surface area contributed by atoms with Crippen LogP contribution in [-0.4, -0.2) is 36.4 Å². The van der Waals surface area contributed by atoms with E-state index in [2.05, 4.69) is 112 Å². The molecule has 0 bridgehead atoms. The molecule has 0 saturated heterocycles. The van der Waals surface area contributed by atoms with Crippen LogP contribution < -0.4 is 0 Å². The molecule has 0 fully saturated rings. The molecule has 0 radical (unpaired) electrons. The summed E-state index contributed by atoms with van der Waals surface area (Å²) in [7, 11) is -5.53. The number of hydrogen-bond acceptors (Lipinski definition) is 2. The van der Waals surface area contributed by atoms with Crippen molar-refractivity contribution in [3.05, 3.63) is 25.3 Å². The highest BCUT2D eigenvalue weighted by atomic mass is 28.4. The topological polar surface area (TPSA) is 18.5 Å². The first-order chi connectivity index (χ1) is 13.6. The maximum atomic E-state index is 7.11. The van der Waals surface area contributed by atoms with Gasteiger partial charge in [0.15, 0.2) is 16.6 Å². The predicted molar refractivity (Wildman–Crippen MR) is 148 cm³/mol. The van der Waals surface area contributed by atoms with Gasteiger partial charge in [0.25, 0.3) is 0 Å². The van der Waals surface area contributed by atoms with Crippen LogP contribution in [0.5, 0.6) is 0 Å². The molecule has 0 saturated carbocycles. The molecule has 0 aliphatic heterocycles. The van der Waals surface area contributed by atoms with Crippen LogP contribution in [0.1, 0.15) is 60.8 Å². The number of hydrogen-bond donors (Lipinski definition) is 0. The van der Waals surface area contributed by atoms with E-state index in [-0.39, 0.29) is 21.8 Å². The average Bonchev–Trinajstić information content (AvgIpc) is 2.49. The third-order valence-electron chi connectivity index (χ3n) is 6.72. The molecule has 0 rings (SSSR count). The van der Waals surface area contributed by atoms with E-state index in [9.17, 15) is 0 Å². The van der Waals surface area contributed by atoms with Gasteiger partial charge in [-0.05, 0) is 49.1 Å². The third kappa shape index (κ3) is 9.96. The molecule has 0 aliphatic rings. The maximum absolute atomic E-state index is 7.11. The Bertz CT molecular complexity index is 652. The minimum absolute atomic E-state index is 0.125. The number of rotatable bonds is 10. The summed E-state index contributed by atoms with van der Waals surface area (Å²) in [6, 6.07) is 0. The monoisotopic (exact) mass is 480 g/mol. The molecule has 2 nitrogen and oxygen atoms in total. The molecule has 0 heterocycles. The van der Waals surface area contributed by atoms with Crippen LogP contribution in [0.3, 0.4) is 0 Å².